The van der Waals surface area contributed by atoms with Gasteiger partial charge in [0.25, 0.3) is 11.8 Å². The van der Waals surface area contributed by atoms with Crippen molar-refractivity contribution >= 4 is 50.5 Å². The van der Waals surface area contributed by atoms with Crippen LogP contribution in [0.2, 0.25) is 0 Å². The highest BCUT2D eigenvalue weighted by Gasteiger charge is 2.35. The lowest BCUT2D eigenvalue weighted by molar-refractivity contribution is -0.122. The number of H-pyrrole nitrogens is 1. The van der Waals surface area contributed by atoms with Crippen LogP contribution >= 0.6 is 0 Å². The molecule has 0 saturated heterocycles. The number of nitrogens with zero attached hydrogens (tertiary/aromatic N) is 2. The second-order valence-electron chi connectivity index (χ2n) is 7.90. The Hall–Kier alpha value is -3.84. The van der Waals surface area contributed by atoms with Crippen LogP contribution in [0.3, 0.4) is 0 Å². The van der Waals surface area contributed by atoms with Gasteiger partial charge in [0.1, 0.15) is 0 Å². The summed E-state index contributed by atoms with van der Waals surface area (Å²) in [5, 5.41) is 4.31. The van der Waals surface area contributed by atoms with Crippen molar-refractivity contribution in [1.29, 1.82) is 0 Å². The molecule has 7 heteroatoms. The van der Waals surface area contributed by atoms with Gasteiger partial charge in [-0.2, -0.15) is 0 Å². The SMILES string of the molecule is CN(C)c1ccc2c(C3=C(c4c[nH]c5ccccc45)C(=O)NC3=O)cn(CCN)c2c1. The summed E-state index contributed by atoms with van der Waals surface area (Å²) in [5.74, 6) is -0.761. The van der Waals surface area contributed by atoms with Crippen molar-refractivity contribution in [3.63, 3.8) is 0 Å². The number of carbonyl (C=O) groups excluding carboxylic acids is 2. The fraction of sp³-hybridized carbons (Fsp3) is 0.167. The lowest BCUT2D eigenvalue weighted by Gasteiger charge is -2.13. The summed E-state index contributed by atoms with van der Waals surface area (Å²) < 4.78 is 2.05. The molecule has 1 aliphatic rings. The van der Waals surface area contributed by atoms with Crippen LogP contribution in [0.4, 0.5) is 5.69 Å². The van der Waals surface area contributed by atoms with Crippen LogP contribution in [0, 0.1) is 0 Å². The van der Waals surface area contributed by atoms with Gasteiger partial charge in [0.2, 0.25) is 0 Å². The van der Waals surface area contributed by atoms with E-state index in [0.717, 1.165) is 38.6 Å². The Balaban J connectivity index is 1.81. The number of para-hydroxylation sites is 1. The van der Waals surface area contributed by atoms with Gasteiger partial charge in [0.15, 0.2) is 0 Å². The van der Waals surface area contributed by atoms with Crippen molar-refractivity contribution in [1.82, 2.24) is 14.9 Å². The van der Waals surface area contributed by atoms with E-state index in [4.69, 9.17) is 5.73 Å². The van der Waals surface area contributed by atoms with Gasteiger partial charge in [-0.25, -0.2) is 0 Å². The van der Waals surface area contributed by atoms with Gasteiger partial charge >= 0.3 is 0 Å². The molecule has 0 radical (unpaired) electrons. The third-order valence-corrected chi connectivity index (χ3v) is 5.81. The average molecular weight is 413 g/mol. The van der Waals surface area contributed by atoms with E-state index in [9.17, 15) is 9.59 Å². The topological polar surface area (TPSA) is 96.1 Å². The van der Waals surface area contributed by atoms with E-state index in [1.54, 1.807) is 6.20 Å². The second-order valence-corrected chi connectivity index (χ2v) is 7.90. The van der Waals surface area contributed by atoms with Gasteiger partial charge in [-0.3, -0.25) is 14.9 Å². The molecule has 156 valence electrons. The molecule has 0 saturated carbocycles. The summed E-state index contributed by atoms with van der Waals surface area (Å²) in [6, 6.07) is 13.8. The molecular formula is C24H23N5O2. The number of fused-ring (bicyclic) bond motifs is 2. The van der Waals surface area contributed by atoms with Crippen LogP contribution in [0.25, 0.3) is 33.0 Å². The molecule has 3 heterocycles. The molecule has 5 rings (SSSR count). The second kappa shape index (κ2) is 7.14. The highest BCUT2D eigenvalue weighted by Crippen LogP contribution is 2.38. The summed E-state index contributed by atoms with van der Waals surface area (Å²) in [5.41, 5.74) is 11.0. The van der Waals surface area contributed by atoms with E-state index in [2.05, 4.69) is 16.4 Å². The largest absolute Gasteiger partial charge is 0.378 e. The molecule has 0 unspecified atom stereocenters. The zero-order chi connectivity index (χ0) is 21.7. The van der Waals surface area contributed by atoms with Crippen molar-refractivity contribution in [3.05, 3.63) is 66.0 Å². The number of nitrogens with one attached hydrogen (secondary N) is 2. The number of nitrogens with two attached hydrogens (primary N) is 1. The maximum Gasteiger partial charge on any atom is 0.259 e. The van der Waals surface area contributed by atoms with E-state index in [-0.39, 0.29) is 11.8 Å². The number of amides is 2. The number of rotatable bonds is 5. The van der Waals surface area contributed by atoms with Crippen molar-refractivity contribution < 1.29 is 9.59 Å². The van der Waals surface area contributed by atoms with Gasteiger partial charge in [-0.15, -0.1) is 0 Å². The zero-order valence-corrected chi connectivity index (χ0v) is 17.4. The van der Waals surface area contributed by atoms with Gasteiger partial charge in [0.05, 0.1) is 16.7 Å². The minimum absolute atomic E-state index is 0.380. The Bertz CT molecular complexity index is 1390. The highest BCUT2D eigenvalue weighted by molar-refractivity contribution is 6.50. The fourth-order valence-electron chi connectivity index (χ4n) is 4.33. The molecule has 2 amide bonds. The number of anilines is 1. The Kier molecular flexibility index (Phi) is 4.41. The third-order valence-electron chi connectivity index (χ3n) is 5.81. The Morgan fingerprint density at radius 3 is 2.45 bits per heavy atom. The molecular weight excluding hydrogens is 390 g/mol. The average Bonchev–Trinajstić information content (AvgIpc) is 3.41. The molecule has 2 aromatic carbocycles. The van der Waals surface area contributed by atoms with E-state index < -0.39 is 0 Å². The van der Waals surface area contributed by atoms with Crippen LogP contribution in [0.1, 0.15) is 11.1 Å². The molecule has 4 aromatic rings. The van der Waals surface area contributed by atoms with Crippen LogP contribution in [0.5, 0.6) is 0 Å². The minimum Gasteiger partial charge on any atom is -0.378 e. The number of aromatic nitrogens is 2. The van der Waals surface area contributed by atoms with Crippen molar-refractivity contribution in [3.8, 4) is 0 Å². The number of hydrogen-bond acceptors (Lipinski definition) is 4. The number of imide groups is 1. The molecule has 2 aromatic heterocycles. The summed E-state index contributed by atoms with van der Waals surface area (Å²) in [7, 11) is 3.97. The zero-order valence-electron chi connectivity index (χ0n) is 17.4. The summed E-state index contributed by atoms with van der Waals surface area (Å²) in [6.45, 7) is 1.08. The lowest BCUT2D eigenvalue weighted by atomic mass is 9.95. The van der Waals surface area contributed by atoms with E-state index in [1.807, 2.05) is 66.2 Å². The number of hydrogen-bond donors (Lipinski definition) is 3. The van der Waals surface area contributed by atoms with E-state index in [0.29, 0.717) is 24.2 Å². The molecule has 1 aliphatic heterocycles. The molecule has 7 nitrogen and oxygen atoms in total. The van der Waals surface area contributed by atoms with Crippen molar-refractivity contribution in [2.75, 3.05) is 25.5 Å². The first-order valence-electron chi connectivity index (χ1n) is 10.2. The quantitative estimate of drug-likeness (QED) is 0.438. The lowest BCUT2D eigenvalue weighted by Crippen LogP contribution is -2.22. The molecule has 0 atom stereocenters. The first kappa shape index (κ1) is 19.1. The molecule has 0 aliphatic carbocycles. The van der Waals surface area contributed by atoms with Gasteiger partial charge in [-0.1, -0.05) is 24.3 Å². The van der Waals surface area contributed by atoms with Crippen molar-refractivity contribution in [2.24, 2.45) is 5.73 Å². The smallest absolute Gasteiger partial charge is 0.259 e. The predicted molar refractivity (Wildman–Crippen MR) is 124 cm³/mol. The molecule has 0 fully saturated rings. The molecule has 4 N–H and O–H groups in total. The fourth-order valence-corrected chi connectivity index (χ4v) is 4.33. The standard InChI is InChI=1S/C24H23N5O2/c1-28(2)14-7-8-16-18(13-29(10-9-25)20(16)11-14)22-21(23(30)27-24(22)31)17-12-26-19-6-4-3-5-15(17)19/h3-8,11-13,26H,9-10,25H2,1-2H3,(H,27,30,31). The van der Waals surface area contributed by atoms with Crippen LogP contribution in [0.15, 0.2) is 54.9 Å². The van der Waals surface area contributed by atoms with E-state index in [1.165, 1.54) is 0 Å². The Morgan fingerprint density at radius 2 is 1.71 bits per heavy atom. The normalized spacial score (nSPS) is 14.2. The van der Waals surface area contributed by atoms with E-state index >= 15 is 0 Å². The number of benzene rings is 2. The monoisotopic (exact) mass is 413 g/mol. The highest BCUT2D eigenvalue weighted by atomic mass is 16.2. The summed E-state index contributed by atoms with van der Waals surface area (Å²) in [4.78, 5) is 31.1. The summed E-state index contributed by atoms with van der Waals surface area (Å²) in [6.07, 6.45) is 3.72. The van der Waals surface area contributed by atoms with Crippen molar-refractivity contribution in [2.45, 2.75) is 6.54 Å². The first-order valence-corrected chi connectivity index (χ1v) is 10.2. The molecule has 0 bridgehead atoms. The van der Waals surface area contributed by atoms with Crippen LogP contribution in [-0.2, 0) is 16.1 Å². The maximum absolute atomic E-state index is 13.0. The predicted octanol–water partition coefficient (Wildman–Crippen LogP) is 2.71. The third kappa shape index (κ3) is 2.93. The first-order chi connectivity index (χ1) is 15.0. The number of aromatic amines is 1. The molecule has 0 spiro atoms. The van der Waals surface area contributed by atoms with Crippen LogP contribution in [-0.4, -0.2) is 42.0 Å². The number of carbonyl (C=O) groups is 2. The Labute approximate surface area is 179 Å². The van der Waals surface area contributed by atoms with Gasteiger partial charge < -0.3 is 20.2 Å². The summed E-state index contributed by atoms with van der Waals surface area (Å²) >= 11 is 0. The van der Waals surface area contributed by atoms with Gasteiger partial charge in [-0.05, 0) is 18.2 Å². The van der Waals surface area contributed by atoms with Crippen LogP contribution < -0.4 is 16.0 Å². The maximum atomic E-state index is 13.0. The Morgan fingerprint density at radius 1 is 0.968 bits per heavy atom. The minimum atomic E-state index is -0.381. The van der Waals surface area contributed by atoms with Gasteiger partial charge in [0, 0.05) is 72.7 Å². The molecule has 31 heavy (non-hydrogen) atoms.